The van der Waals surface area contributed by atoms with E-state index in [-0.39, 0.29) is 18.0 Å². The molecule has 4 aromatic heterocycles. The molecule has 7 nitrogen and oxygen atoms in total. The molecule has 0 atom stereocenters. The smallest absolute Gasteiger partial charge is 0.263 e. The van der Waals surface area contributed by atoms with Gasteiger partial charge in [-0.2, -0.15) is 5.10 Å². The van der Waals surface area contributed by atoms with Crippen molar-refractivity contribution in [1.82, 2.24) is 19.3 Å². The molecule has 0 bridgehead atoms. The van der Waals surface area contributed by atoms with Crippen molar-refractivity contribution in [2.75, 3.05) is 5.32 Å². The normalized spacial score (nSPS) is 11.2. The van der Waals surface area contributed by atoms with Crippen LogP contribution in [0, 0.1) is 13.8 Å². The first-order chi connectivity index (χ1) is 15.5. The van der Waals surface area contributed by atoms with E-state index < -0.39 is 0 Å². The Kier molecular flexibility index (Phi) is 5.20. The standard InChI is InChI=1S/C23H19N5O2S2/c1-14-21(15(2)28(26-14)16-7-4-3-5-8-16)25-19(29)11-27-13-24-22-20(23(27)30)17(12-32-22)18-9-6-10-31-18/h3-10,12-13H,11H2,1-2H3,(H,25,29). The summed E-state index contributed by atoms with van der Waals surface area (Å²) in [5.74, 6) is -0.306. The Morgan fingerprint density at radius 3 is 2.66 bits per heavy atom. The summed E-state index contributed by atoms with van der Waals surface area (Å²) in [6.07, 6.45) is 1.44. The van der Waals surface area contributed by atoms with E-state index in [9.17, 15) is 9.59 Å². The summed E-state index contributed by atoms with van der Waals surface area (Å²) in [6, 6.07) is 13.7. The van der Waals surface area contributed by atoms with Gasteiger partial charge in [-0.25, -0.2) is 9.67 Å². The summed E-state index contributed by atoms with van der Waals surface area (Å²) in [5.41, 5.74) is 3.74. The zero-order valence-corrected chi connectivity index (χ0v) is 19.0. The molecule has 5 rings (SSSR count). The lowest BCUT2D eigenvalue weighted by Crippen LogP contribution is -2.28. The number of carbonyl (C=O) groups excluding carboxylic acids is 1. The van der Waals surface area contributed by atoms with E-state index in [0.29, 0.717) is 21.6 Å². The van der Waals surface area contributed by atoms with Crippen molar-refractivity contribution in [2.45, 2.75) is 20.4 Å². The van der Waals surface area contributed by atoms with Crippen LogP contribution < -0.4 is 10.9 Å². The topological polar surface area (TPSA) is 81.8 Å². The highest BCUT2D eigenvalue weighted by molar-refractivity contribution is 7.18. The highest BCUT2D eigenvalue weighted by atomic mass is 32.1. The number of aromatic nitrogens is 4. The van der Waals surface area contributed by atoms with E-state index in [1.54, 1.807) is 16.0 Å². The van der Waals surface area contributed by atoms with Crippen LogP contribution in [-0.2, 0) is 11.3 Å². The maximum Gasteiger partial charge on any atom is 0.263 e. The van der Waals surface area contributed by atoms with E-state index in [1.807, 2.05) is 67.1 Å². The Bertz CT molecular complexity index is 1480. The molecule has 9 heteroatoms. The first-order valence-electron chi connectivity index (χ1n) is 9.95. The number of hydrogen-bond acceptors (Lipinski definition) is 6. The Morgan fingerprint density at radius 2 is 1.91 bits per heavy atom. The number of anilines is 1. The fraction of sp³-hybridized carbons (Fsp3) is 0.130. The van der Waals surface area contributed by atoms with Crippen LogP contribution in [0.25, 0.3) is 26.3 Å². The number of nitrogens with one attached hydrogen (secondary N) is 1. The number of amides is 1. The van der Waals surface area contributed by atoms with Crippen molar-refractivity contribution in [1.29, 1.82) is 0 Å². The second kappa shape index (κ2) is 8.18. The van der Waals surface area contributed by atoms with E-state index in [2.05, 4.69) is 15.4 Å². The molecular weight excluding hydrogens is 442 g/mol. The molecule has 0 fully saturated rings. The van der Waals surface area contributed by atoms with E-state index in [1.165, 1.54) is 22.2 Å². The van der Waals surface area contributed by atoms with E-state index in [4.69, 9.17) is 0 Å². The van der Waals surface area contributed by atoms with Gasteiger partial charge in [0.15, 0.2) is 0 Å². The molecule has 32 heavy (non-hydrogen) atoms. The van der Waals surface area contributed by atoms with Crippen LogP contribution in [0.15, 0.2) is 64.3 Å². The van der Waals surface area contributed by atoms with Crippen LogP contribution in [0.5, 0.6) is 0 Å². The third kappa shape index (κ3) is 3.55. The fourth-order valence-corrected chi connectivity index (χ4v) is 5.39. The Balaban J connectivity index is 1.43. The van der Waals surface area contributed by atoms with E-state index >= 15 is 0 Å². The molecular formula is C23H19N5O2S2. The number of fused-ring (bicyclic) bond motifs is 1. The van der Waals surface area contributed by atoms with Crippen LogP contribution >= 0.6 is 22.7 Å². The molecule has 0 spiro atoms. The molecule has 4 heterocycles. The average Bonchev–Trinajstić information content (AvgIpc) is 3.52. The Hall–Kier alpha value is -3.56. The van der Waals surface area contributed by atoms with Crippen molar-refractivity contribution < 1.29 is 4.79 Å². The maximum absolute atomic E-state index is 13.2. The van der Waals surface area contributed by atoms with Gasteiger partial charge in [0.05, 0.1) is 34.5 Å². The maximum atomic E-state index is 13.2. The summed E-state index contributed by atoms with van der Waals surface area (Å²) in [4.78, 5) is 32.1. The minimum absolute atomic E-state index is 0.128. The van der Waals surface area contributed by atoms with Gasteiger partial charge in [-0.05, 0) is 37.4 Å². The third-order valence-electron chi connectivity index (χ3n) is 5.22. The van der Waals surface area contributed by atoms with Crippen molar-refractivity contribution >= 4 is 44.5 Å². The lowest BCUT2D eigenvalue weighted by Gasteiger charge is -2.09. The molecule has 160 valence electrons. The molecule has 0 radical (unpaired) electrons. The molecule has 0 aliphatic rings. The van der Waals surface area contributed by atoms with Crippen LogP contribution in [0.1, 0.15) is 11.4 Å². The van der Waals surface area contributed by atoms with Crippen molar-refractivity contribution in [3.8, 4) is 16.1 Å². The molecule has 0 saturated carbocycles. The molecule has 1 N–H and O–H groups in total. The SMILES string of the molecule is Cc1nn(-c2ccccc2)c(C)c1NC(=O)Cn1cnc2scc(-c3cccs3)c2c1=O. The summed E-state index contributed by atoms with van der Waals surface area (Å²) in [6.45, 7) is 3.62. The van der Waals surface area contributed by atoms with Gasteiger partial charge in [0.25, 0.3) is 5.56 Å². The van der Waals surface area contributed by atoms with Crippen LogP contribution in [0.3, 0.4) is 0 Å². The lowest BCUT2D eigenvalue weighted by molar-refractivity contribution is -0.116. The number of para-hydroxylation sites is 1. The number of carbonyl (C=O) groups is 1. The zero-order valence-electron chi connectivity index (χ0n) is 17.4. The fourth-order valence-electron chi connectivity index (χ4n) is 3.67. The zero-order chi connectivity index (χ0) is 22.2. The highest BCUT2D eigenvalue weighted by Crippen LogP contribution is 2.33. The first-order valence-corrected chi connectivity index (χ1v) is 11.7. The van der Waals surface area contributed by atoms with Crippen molar-refractivity contribution in [3.63, 3.8) is 0 Å². The van der Waals surface area contributed by atoms with Gasteiger partial charge in [-0.15, -0.1) is 22.7 Å². The summed E-state index contributed by atoms with van der Waals surface area (Å²) in [5, 5.41) is 11.9. The monoisotopic (exact) mass is 461 g/mol. The molecule has 1 aromatic carbocycles. The largest absolute Gasteiger partial charge is 0.321 e. The molecule has 0 aliphatic heterocycles. The van der Waals surface area contributed by atoms with Gasteiger partial charge in [-0.3, -0.25) is 14.2 Å². The van der Waals surface area contributed by atoms with Gasteiger partial charge < -0.3 is 5.32 Å². The van der Waals surface area contributed by atoms with Crippen LogP contribution in [-0.4, -0.2) is 25.2 Å². The Morgan fingerprint density at radius 1 is 1.09 bits per heavy atom. The first kappa shape index (κ1) is 20.3. The minimum atomic E-state index is -0.306. The number of benzene rings is 1. The van der Waals surface area contributed by atoms with Gasteiger partial charge in [0, 0.05) is 15.8 Å². The van der Waals surface area contributed by atoms with Gasteiger partial charge >= 0.3 is 0 Å². The molecule has 0 unspecified atom stereocenters. The van der Waals surface area contributed by atoms with Crippen molar-refractivity contribution in [2.24, 2.45) is 0 Å². The summed E-state index contributed by atoms with van der Waals surface area (Å²) >= 11 is 3.00. The second-order valence-corrected chi connectivity index (χ2v) is 9.13. The quantitative estimate of drug-likeness (QED) is 0.414. The third-order valence-corrected chi connectivity index (χ3v) is 7.01. The second-order valence-electron chi connectivity index (χ2n) is 7.33. The van der Waals surface area contributed by atoms with Crippen LogP contribution in [0.2, 0.25) is 0 Å². The lowest BCUT2D eigenvalue weighted by atomic mass is 10.2. The average molecular weight is 462 g/mol. The van der Waals surface area contributed by atoms with Crippen molar-refractivity contribution in [3.05, 3.63) is 81.3 Å². The van der Waals surface area contributed by atoms with E-state index in [0.717, 1.165) is 21.8 Å². The summed E-state index contributed by atoms with van der Waals surface area (Å²) in [7, 11) is 0. The molecule has 1 amide bonds. The highest BCUT2D eigenvalue weighted by Gasteiger charge is 2.18. The minimum Gasteiger partial charge on any atom is -0.321 e. The number of aryl methyl sites for hydroxylation is 1. The Labute approximate surface area is 191 Å². The number of hydrogen-bond donors (Lipinski definition) is 1. The molecule has 0 aliphatic carbocycles. The molecule has 0 saturated heterocycles. The predicted octanol–water partition coefficient (Wildman–Crippen LogP) is 4.63. The summed E-state index contributed by atoms with van der Waals surface area (Å²) < 4.78 is 3.15. The predicted molar refractivity (Wildman–Crippen MR) is 129 cm³/mol. The number of rotatable bonds is 5. The number of nitrogens with zero attached hydrogens (tertiary/aromatic N) is 4. The van der Waals surface area contributed by atoms with Gasteiger partial charge in [0.2, 0.25) is 5.91 Å². The number of thiophene rings is 2. The van der Waals surface area contributed by atoms with Crippen LogP contribution in [0.4, 0.5) is 5.69 Å². The van der Waals surface area contributed by atoms with Gasteiger partial charge in [-0.1, -0.05) is 24.3 Å². The molecule has 5 aromatic rings. The van der Waals surface area contributed by atoms with Gasteiger partial charge in [0.1, 0.15) is 11.4 Å².